The van der Waals surface area contributed by atoms with Gasteiger partial charge in [-0.25, -0.2) is 4.79 Å². The molecule has 0 bridgehead atoms. The maximum absolute atomic E-state index is 13.0. The normalized spacial score (nSPS) is 11.5. The Labute approximate surface area is 156 Å². The van der Waals surface area contributed by atoms with E-state index in [0.717, 1.165) is 16.8 Å². The van der Waals surface area contributed by atoms with Crippen LogP contribution in [-0.2, 0) is 6.54 Å². The molecule has 0 fully saturated rings. The first-order valence-electron chi connectivity index (χ1n) is 7.99. The molecule has 0 aliphatic heterocycles. The summed E-state index contributed by atoms with van der Waals surface area (Å²) in [4.78, 5) is 11.6. The zero-order valence-electron chi connectivity index (χ0n) is 14.5. The second-order valence-electron chi connectivity index (χ2n) is 6.26. The first kappa shape index (κ1) is 19.1. The summed E-state index contributed by atoms with van der Waals surface area (Å²) in [5.74, 6) is -1.52. The van der Waals surface area contributed by atoms with Crippen molar-refractivity contribution in [1.82, 2.24) is 4.57 Å². The molecule has 0 saturated heterocycles. The lowest BCUT2D eigenvalue weighted by Crippen LogP contribution is -2.17. The average molecular weight is 389 g/mol. The van der Waals surface area contributed by atoms with E-state index >= 15 is 0 Å². The highest BCUT2D eigenvalue weighted by Gasteiger charge is 2.31. The summed E-state index contributed by atoms with van der Waals surface area (Å²) in [6.45, 7) is 0.161. The summed E-state index contributed by atoms with van der Waals surface area (Å²) in [6.07, 6.45) is -3.56. The molecule has 0 atom stereocenters. The molecule has 28 heavy (non-hydrogen) atoms. The Balaban J connectivity index is 2.52. The van der Waals surface area contributed by atoms with Crippen molar-refractivity contribution in [2.24, 2.45) is 0 Å². The number of nitriles is 1. The van der Waals surface area contributed by atoms with E-state index in [2.05, 4.69) is 0 Å². The van der Waals surface area contributed by atoms with E-state index in [-0.39, 0.29) is 33.5 Å². The van der Waals surface area contributed by atoms with Crippen LogP contribution in [0.3, 0.4) is 0 Å². The number of fused-ring (bicyclic) bond motifs is 1. The largest absolute Gasteiger partial charge is 0.508 e. The van der Waals surface area contributed by atoms with Gasteiger partial charge in [-0.05, 0) is 30.2 Å². The third kappa shape index (κ3) is 3.09. The SMILES string of the molecule is Cc1c(O)cccc1-c1c(N)c(C(=O)O)cc2c1c(C#N)cn2CC(F)(F)F. The van der Waals surface area contributed by atoms with Crippen molar-refractivity contribution in [3.8, 4) is 22.9 Å². The Morgan fingerprint density at radius 3 is 2.61 bits per heavy atom. The standard InChI is InChI=1S/C19H14F3N3O3/c1-9-11(3-2-4-14(9)26)16-15-10(6-23)7-25(8-19(20,21)22)13(15)5-12(17(16)24)18(27)28/h2-5,7,26H,8,24H2,1H3,(H,27,28). The maximum atomic E-state index is 13.0. The summed E-state index contributed by atoms with van der Waals surface area (Å²) in [5.41, 5.74) is 6.07. The Bertz CT molecular complexity index is 1160. The summed E-state index contributed by atoms with van der Waals surface area (Å²) >= 11 is 0. The number of aromatic carboxylic acids is 1. The van der Waals surface area contributed by atoms with Gasteiger partial charge in [0.05, 0.1) is 22.3 Å². The van der Waals surface area contributed by atoms with Crippen LogP contribution in [0.4, 0.5) is 18.9 Å². The van der Waals surface area contributed by atoms with Crippen molar-refractivity contribution in [2.75, 3.05) is 5.73 Å². The molecule has 144 valence electrons. The predicted molar refractivity (Wildman–Crippen MR) is 95.9 cm³/mol. The molecule has 0 spiro atoms. The van der Waals surface area contributed by atoms with Crippen molar-refractivity contribution in [1.29, 1.82) is 5.26 Å². The Morgan fingerprint density at radius 2 is 2.04 bits per heavy atom. The quantitative estimate of drug-likeness (QED) is 0.586. The van der Waals surface area contributed by atoms with E-state index in [1.807, 2.05) is 6.07 Å². The molecule has 2 aromatic carbocycles. The molecule has 0 aliphatic rings. The van der Waals surface area contributed by atoms with Gasteiger partial charge in [-0.1, -0.05) is 12.1 Å². The number of hydrogen-bond acceptors (Lipinski definition) is 4. The second-order valence-corrected chi connectivity index (χ2v) is 6.26. The van der Waals surface area contributed by atoms with Crippen LogP contribution in [0.1, 0.15) is 21.5 Å². The van der Waals surface area contributed by atoms with Crippen LogP contribution in [0, 0.1) is 18.3 Å². The topological polar surface area (TPSA) is 112 Å². The van der Waals surface area contributed by atoms with Crippen molar-refractivity contribution in [3.63, 3.8) is 0 Å². The number of alkyl halides is 3. The van der Waals surface area contributed by atoms with Gasteiger partial charge < -0.3 is 20.5 Å². The van der Waals surface area contributed by atoms with E-state index in [0.29, 0.717) is 11.1 Å². The number of aromatic nitrogens is 1. The number of nitrogens with zero attached hydrogens (tertiary/aromatic N) is 2. The van der Waals surface area contributed by atoms with Crippen LogP contribution < -0.4 is 5.73 Å². The minimum atomic E-state index is -4.58. The second kappa shape index (κ2) is 6.49. The first-order valence-corrected chi connectivity index (χ1v) is 7.99. The van der Waals surface area contributed by atoms with Crippen LogP contribution in [0.25, 0.3) is 22.0 Å². The number of nitrogen functional groups attached to an aromatic ring is 1. The van der Waals surface area contributed by atoms with E-state index in [1.165, 1.54) is 12.1 Å². The Kier molecular flexibility index (Phi) is 4.43. The molecule has 0 radical (unpaired) electrons. The van der Waals surface area contributed by atoms with Gasteiger partial charge in [0.2, 0.25) is 0 Å². The van der Waals surface area contributed by atoms with Gasteiger partial charge in [0.25, 0.3) is 0 Å². The van der Waals surface area contributed by atoms with Gasteiger partial charge in [0.15, 0.2) is 0 Å². The number of halogens is 3. The van der Waals surface area contributed by atoms with Gasteiger partial charge in [-0.2, -0.15) is 18.4 Å². The highest BCUT2D eigenvalue weighted by Crippen LogP contribution is 2.42. The lowest BCUT2D eigenvalue weighted by molar-refractivity contribution is -0.139. The zero-order chi connectivity index (χ0) is 20.8. The molecule has 0 aliphatic carbocycles. The smallest absolute Gasteiger partial charge is 0.406 e. The number of phenolic OH excluding ortho intramolecular Hbond substituents is 1. The van der Waals surface area contributed by atoms with E-state index < -0.39 is 24.3 Å². The van der Waals surface area contributed by atoms with E-state index in [1.54, 1.807) is 13.0 Å². The fourth-order valence-corrected chi connectivity index (χ4v) is 3.23. The van der Waals surface area contributed by atoms with Crippen LogP contribution in [-0.4, -0.2) is 26.9 Å². The van der Waals surface area contributed by atoms with E-state index in [4.69, 9.17) is 5.73 Å². The molecule has 3 aromatic rings. The van der Waals surface area contributed by atoms with Gasteiger partial charge in [0, 0.05) is 17.1 Å². The number of benzene rings is 2. The lowest BCUT2D eigenvalue weighted by Gasteiger charge is -2.16. The molecule has 0 saturated carbocycles. The molecule has 4 N–H and O–H groups in total. The third-order valence-electron chi connectivity index (χ3n) is 4.49. The number of phenols is 1. The molecular formula is C19H14F3N3O3. The molecule has 1 heterocycles. The molecular weight excluding hydrogens is 375 g/mol. The first-order chi connectivity index (χ1) is 13.0. The monoisotopic (exact) mass is 389 g/mol. The van der Waals surface area contributed by atoms with Crippen molar-refractivity contribution in [3.05, 3.63) is 47.2 Å². The zero-order valence-corrected chi connectivity index (χ0v) is 14.5. The van der Waals surface area contributed by atoms with Crippen LogP contribution in [0.15, 0.2) is 30.5 Å². The van der Waals surface area contributed by atoms with Crippen molar-refractivity contribution >= 4 is 22.6 Å². The lowest BCUT2D eigenvalue weighted by atomic mass is 9.91. The highest BCUT2D eigenvalue weighted by atomic mass is 19.4. The van der Waals surface area contributed by atoms with Gasteiger partial charge >= 0.3 is 12.1 Å². The van der Waals surface area contributed by atoms with Crippen molar-refractivity contribution in [2.45, 2.75) is 19.6 Å². The Hall–Kier alpha value is -3.67. The number of carboxylic acid groups (broad SMARTS) is 1. The number of carbonyl (C=O) groups is 1. The fourth-order valence-electron chi connectivity index (χ4n) is 3.23. The molecule has 6 nitrogen and oxygen atoms in total. The molecule has 0 amide bonds. The van der Waals surface area contributed by atoms with Gasteiger partial charge in [-0.3, -0.25) is 0 Å². The summed E-state index contributed by atoms with van der Waals surface area (Å²) in [7, 11) is 0. The highest BCUT2D eigenvalue weighted by molar-refractivity contribution is 6.12. The molecule has 1 aromatic heterocycles. The predicted octanol–water partition coefficient (Wildman–Crippen LogP) is 4.04. The van der Waals surface area contributed by atoms with Crippen LogP contribution in [0.5, 0.6) is 5.75 Å². The fraction of sp³-hybridized carbons (Fsp3) is 0.158. The number of aromatic hydroxyl groups is 1. The number of hydrogen-bond donors (Lipinski definition) is 3. The third-order valence-corrected chi connectivity index (χ3v) is 4.49. The number of nitrogens with two attached hydrogens (primary N) is 1. The maximum Gasteiger partial charge on any atom is 0.406 e. The average Bonchev–Trinajstić information content (AvgIpc) is 2.92. The van der Waals surface area contributed by atoms with Crippen LogP contribution in [0.2, 0.25) is 0 Å². The minimum absolute atomic E-state index is 0.0827. The Morgan fingerprint density at radius 1 is 1.36 bits per heavy atom. The van der Waals surface area contributed by atoms with Crippen LogP contribution >= 0.6 is 0 Å². The summed E-state index contributed by atoms with van der Waals surface area (Å²) in [6, 6.07) is 7.33. The number of rotatable bonds is 3. The summed E-state index contributed by atoms with van der Waals surface area (Å²) < 4.78 is 39.7. The number of anilines is 1. The van der Waals surface area contributed by atoms with Gasteiger partial charge in [-0.15, -0.1) is 0 Å². The van der Waals surface area contributed by atoms with Crippen molar-refractivity contribution < 1.29 is 28.2 Å². The van der Waals surface area contributed by atoms with Gasteiger partial charge in [0.1, 0.15) is 18.4 Å². The number of carboxylic acids is 1. The molecule has 3 rings (SSSR count). The minimum Gasteiger partial charge on any atom is -0.508 e. The summed E-state index contributed by atoms with van der Waals surface area (Å²) in [5, 5.41) is 29.1. The molecule has 0 unspecified atom stereocenters. The molecule has 9 heteroatoms. The van der Waals surface area contributed by atoms with E-state index in [9.17, 15) is 33.4 Å².